The quantitative estimate of drug-likeness (QED) is 0.810. The van der Waals surface area contributed by atoms with E-state index in [1.54, 1.807) is 27.7 Å². The molecule has 116 valence electrons. The van der Waals surface area contributed by atoms with Gasteiger partial charge in [0, 0.05) is 11.8 Å². The zero-order valence-corrected chi connectivity index (χ0v) is 13.3. The standard InChI is InChI=1S/C17H24O4/c1-10-6-11(8-13(18)16(2,3)19)15-12(7-10)9-14(21-15)17(4,5)20/h6-7,9,13,18-20H,8H2,1-5H3/t13-/m0/s1. The molecule has 0 spiro atoms. The summed E-state index contributed by atoms with van der Waals surface area (Å²) < 4.78 is 5.79. The molecule has 0 amide bonds. The molecular weight excluding hydrogens is 268 g/mol. The Kier molecular flexibility index (Phi) is 3.91. The molecule has 1 heterocycles. The van der Waals surface area contributed by atoms with Gasteiger partial charge in [0.2, 0.25) is 0 Å². The van der Waals surface area contributed by atoms with Gasteiger partial charge in [-0.2, -0.15) is 0 Å². The van der Waals surface area contributed by atoms with Crippen molar-refractivity contribution in [1.82, 2.24) is 0 Å². The van der Waals surface area contributed by atoms with Gasteiger partial charge in [-0.1, -0.05) is 6.07 Å². The smallest absolute Gasteiger partial charge is 0.137 e. The molecule has 3 N–H and O–H groups in total. The molecule has 0 aliphatic carbocycles. The Balaban J connectivity index is 2.50. The number of furan rings is 1. The molecule has 4 heteroatoms. The van der Waals surface area contributed by atoms with Gasteiger partial charge < -0.3 is 19.7 Å². The second kappa shape index (κ2) is 5.13. The lowest BCUT2D eigenvalue weighted by Crippen LogP contribution is -2.37. The molecule has 0 radical (unpaired) electrons. The van der Waals surface area contributed by atoms with Crippen molar-refractivity contribution < 1.29 is 19.7 Å². The summed E-state index contributed by atoms with van der Waals surface area (Å²) >= 11 is 0. The van der Waals surface area contributed by atoms with Crippen LogP contribution in [0, 0.1) is 6.92 Å². The van der Waals surface area contributed by atoms with Crippen LogP contribution >= 0.6 is 0 Å². The number of aliphatic hydroxyl groups excluding tert-OH is 1. The van der Waals surface area contributed by atoms with Gasteiger partial charge in [-0.3, -0.25) is 0 Å². The fraction of sp³-hybridized carbons (Fsp3) is 0.529. The summed E-state index contributed by atoms with van der Waals surface area (Å²) in [4.78, 5) is 0. The van der Waals surface area contributed by atoms with E-state index in [0.29, 0.717) is 17.8 Å². The Labute approximate surface area is 125 Å². The van der Waals surface area contributed by atoms with Gasteiger partial charge in [-0.05, 0) is 57.9 Å². The maximum Gasteiger partial charge on any atom is 0.137 e. The van der Waals surface area contributed by atoms with Crippen molar-refractivity contribution in [3.63, 3.8) is 0 Å². The minimum absolute atomic E-state index is 0.292. The molecule has 21 heavy (non-hydrogen) atoms. The van der Waals surface area contributed by atoms with E-state index < -0.39 is 17.3 Å². The van der Waals surface area contributed by atoms with Crippen molar-refractivity contribution in [3.8, 4) is 0 Å². The molecule has 0 bridgehead atoms. The molecule has 0 saturated carbocycles. The number of aliphatic hydroxyl groups is 3. The number of aryl methyl sites for hydroxylation is 1. The molecular formula is C17H24O4. The van der Waals surface area contributed by atoms with Gasteiger partial charge in [-0.25, -0.2) is 0 Å². The first-order chi connectivity index (χ1) is 9.48. The van der Waals surface area contributed by atoms with Crippen LogP contribution in [0.25, 0.3) is 11.0 Å². The number of hydrogen-bond donors (Lipinski definition) is 3. The minimum Gasteiger partial charge on any atom is -0.458 e. The number of benzene rings is 1. The molecule has 0 fully saturated rings. The van der Waals surface area contributed by atoms with Gasteiger partial charge >= 0.3 is 0 Å². The highest BCUT2D eigenvalue weighted by atomic mass is 16.4. The van der Waals surface area contributed by atoms with Gasteiger partial charge in [-0.15, -0.1) is 0 Å². The van der Waals surface area contributed by atoms with E-state index in [1.807, 2.05) is 25.1 Å². The Morgan fingerprint density at radius 1 is 1.10 bits per heavy atom. The summed E-state index contributed by atoms with van der Waals surface area (Å²) in [5.41, 5.74) is 0.292. The van der Waals surface area contributed by atoms with Gasteiger partial charge in [0.15, 0.2) is 0 Å². The number of fused-ring (bicyclic) bond motifs is 1. The van der Waals surface area contributed by atoms with Crippen LogP contribution in [0.3, 0.4) is 0 Å². The van der Waals surface area contributed by atoms with Gasteiger partial charge in [0.05, 0.1) is 11.7 Å². The van der Waals surface area contributed by atoms with Crippen LogP contribution in [0.2, 0.25) is 0 Å². The van der Waals surface area contributed by atoms with E-state index in [-0.39, 0.29) is 0 Å². The molecule has 1 aromatic heterocycles. The number of rotatable bonds is 4. The zero-order chi connectivity index (χ0) is 16.0. The second-order valence-corrected chi connectivity index (χ2v) is 6.89. The maximum absolute atomic E-state index is 10.1. The van der Waals surface area contributed by atoms with E-state index in [9.17, 15) is 15.3 Å². The summed E-state index contributed by atoms with van der Waals surface area (Å²) in [5, 5.41) is 31.0. The zero-order valence-electron chi connectivity index (χ0n) is 13.3. The lowest BCUT2D eigenvalue weighted by Gasteiger charge is -2.24. The molecule has 0 unspecified atom stereocenters. The first-order valence-corrected chi connectivity index (χ1v) is 7.15. The summed E-state index contributed by atoms with van der Waals surface area (Å²) in [7, 11) is 0. The Morgan fingerprint density at radius 3 is 2.24 bits per heavy atom. The van der Waals surface area contributed by atoms with Crippen molar-refractivity contribution in [2.75, 3.05) is 0 Å². The summed E-state index contributed by atoms with van der Waals surface area (Å²) in [6.07, 6.45) is -0.598. The lowest BCUT2D eigenvalue weighted by molar-refractivity contribution is -0.0469. The summed E-state index contributed by atoms with van der Waals surface area (Å²) in [6.45, 7) is 8.46. The van der Waals surface area contributed by atoms with Gasteiger partial charge in [0.25, 0.3) is 0 Å². The molecule has 2 aromatic rings. The molecule has 2 rings (SSSR count). The van der Waals surface area contributed by atoms with Crippen LogP contribution in [0.5, 0.6) is 0 Å². The van der Waals surface area contributed by atoms with E-state index in [1.165, 1.54) is 0 Å². The Bertz CT molecular complexity index is 641. The molecule has 0 aliphatic rings. The lowest BCUT2D eigenvalue weighted by atomic mass is 9.94. The van der Waals surface area contributed by atoms with Crippen molar-refractivity contribution in [2.24, 2.45) is 0 Å². The topological polar surface area (TPSA) is 73.8 Å². The van der Waals surface area contributed by atoms with E-state index in [4.69, 9.17) is 4.42 Å². The largest absolute Gasteiger partial charge is 0.458 e. The molecule has 0 aliphatic heterocycles. The molecule has 4 nitrogen and oxygen atoms in total. The fourth-order valence-electron chi connectivity index (χ4n) is 2.30. The normalized spacial score (nSPS) is 14.7. The minimum atomic E-state index is -1.18. The van der Waals surface area contributed by atoms with Crippen molar-refractivity contribution in [3.05, 3.63) is 35.1 Å². The molecule has 1 aromatic carbocycles. The predicted molar refractivity (Wildman–Crippen MR) is 82.2 cm³/mol. The van der Waals surface area contributed by atoms with Crippen LogP contribution < -0.4 is 0 Å². The third kappa shape index (κ3) is 3.46. The summed E-state index contributed by atoms with van der Waals surface area (Å²) in [6, 6.07) is 5.74. The monoisotopic (exact) mass is 292 g/mol. The van der Waals surface area contributed by atoms with Crippen LogP contribution in [-0.2, 0) is 12.0 Å². The highest BCUT2D eigenvalue weighted by Gasteiger charge is 2.27. The number of hydrogen-bond acceptors (Lipinski definition) is 4. The summed E-state index contributed by atoms with van der Waals surface area (Å²) in [5.74, 6) is 0.488. The van der Waals surface area contributed by atoms with Crippen molar-refractivity contribution in [2.45, 2.75) is 58.3 Å². The third-order valence-electron chi connectivity index (χ3n) is 3.67. The second-order valence-electron chi connectivity index (χ2n) is 6.89. The average molecular weight is 292 g/mol. The first-order valence-electron chi connectivity index (χ1n) is 7.15. The van der Waals surface area contributed by atoms with Crippen LogP contribution in [0.4, 0.5) is 0 Å². The van der Waals surface area contributed by atoms with E-state index in [2.05, 4.69) is 0 Å². The molecule has 1 atom stereocenters. The van der Waals surface area contributed by atoms with Crippen LogP contribution in [-0.4, -0.2) is 27.0 Å². The van der Waals surface area contributed by atoms with Gasteiger partial charge in [0.1, 0.15) is 16.9 Å². The fourth-order valence-corrected chi connectivity index (χ4v) is 2.30. The highest BCUT2D eigenvalue weighted by Crippen LogP contribution is 2.31. The Morgan fingerprint density at radius 2 is 1.71 bits per heavy atom. The van der Waals surface area contributed by atoms with Crippen LogP contribution in [0.15, 0.2) is 22.6 Å². The SMILES string of the molecule is Cc1cc(C[C@H](O)C(C)(C)O)c2oc(C(C)(C)O)cc2c1. The third-order valence-corrected chi connectivity index (χ3v) is 3.67. The van der Waals surface area contributed by atoms with Crippen molar-refractivity contribution >= 4 is 11.0 Å². The van der Waals surface area contributed by atoms with E-state index >= 15 is 0 Å². The first kappa shape index (κ1) is 16.0. The van der Waals surface area contributed by atoms with Crippen molar-refractivity contribution in [1.29, 1.82) is 0 Å². The van der Waals surface area contributed by atoms with E-state index in [0.717, 1.165) is 16.5 Å². The molecule has 0 saturated heterocycles. The predicted octanol–water partition coefficient (Wildman–Crippen LogP) is 2.64. The maximum atomic E-state index is 10.1. The highest BCUT2D eigenvalue weighted by molar-refractivity contribution is 5.82. The van der Waals surface area contributed by atoms with Crippen LogP contribution in [0.1, 0.15) is 44.6 Å². The Hall–Kier alpha value is -1.36. The average Bonchev–Trinajstić information content (AvgIpc) is 2.70.